The number of methoxy groups -OCH3 is 2. The van der Waals surface area contributed by atoms with E-state index in [0.29, 0.717) is 16.6 Å². The van der Waals surface area contributed by atoms with Gasteiger partial charge in [0.05, 0.1) is 43.7 Å². The molecule has 0 N–H and O–H groups in total. The first-order chi connectivity index (χ1) is 18.7. The third-order valence-electron chi connectivity index (χ3n) is 7.09. The summed E-state index contributed by atoms with van der Waals surface area (Å²) in [5.41, 5.74) is 2.68. The lowest BCUT2D eigenvalue weighted by Crippen LogP contribution is -2.38. The molecule has 3 saturated heterocycles. The van der Waals surface area contributed by atoms with E-state index in [4.69, 9.17) is 19.2 Å². The summed E-state index contributed by atoms with van der Waals surface area (Å²) in [4.78, 5) is 25.7. The van der Waals surface area contributed by atoms with Gasteiger partial charge in [-0.1, -0.05) is 18.2 Å². The van der Waals surface area contributed by atoms with Gasteiger partial charge in [-0.15, -0.1) is 0 Å². The number of amides is 1. The number of hydrogen-bond acceptors (Lipinski definition) is 8. The van der Waals surface area contributed by atoms with E-state index in [1.54, 1.807) is 14.2 Å². The SMILES string of the molecule is COc1cc(N2CCCC2)c(OC)cc1/C=C1/SC(=Nc2ccccc2)N(CCCN2CCOCC2)C1=O. The van der Waals surface area contributed by atoms with Gasteiger partial charge in [-0.3, -0.25) is 14.6 Å². The average Bonchev–Trinajstić information content (AvgIpc) is 3.59. The maximum absolute atomic E-state index is 13.7. The molecule has 2 aromatic carbocycles. The molecule has 0 spiro atoms. The molecular formula is C29H36N4O4S. The third kappa shape index (κ3) is 6.17. The van der Waals surface area contributed by atoms with Crippen LogP contribution in [0.5, 0.6) is 11.5 Å². The molecule has 0 saturated carbocycles. The van der Waals surface area contributed by atoms with Gasteiger partial charge in [-0.2, -0.15) is 0 Å². The highest BCUT2D eigenvalue weighted by Crippen LogP contribution is 2.40. The van der Waals surface area contributed by atoms with Crippen LogP contribution >= 0.6 is 11.8 Å². The Morgan fingerprint density at radius 3 is 2.42 bits per heavy atom. The number of carbonyl (C=O) groups is 1. The molecule has 3 fully saturated rings. The predicted octanol–water partition coefficient (Wildman–Crippen LogP) is 4.63. The number of anilines is 1. The van der Waals surface area contributed by atoms with Crippen LogP contribution in [0.3, 0.4) is 0 Å². The molecule has 9 heteroatoms. The van der Waals surface area contributed by atoms with E-state index in [2.05, 4.69) is 9.80 Å². The minimum absolute atomic E-state index is 0.0312. The van der Waals surface area contributed by atoms with E-state index >= 15 is 0 Å². The molecular weight excluding hydrogens is 500 g/mol. The Bertz CT molecular complexity index is 1170. The van der Waals surface area contributed by atoms with Gasteiger partial charge in [0.15, 0.2) is 5.17 Å². The van der Waals surface area contributed by atoms with E-state index in [1.807, 2.05) is 53.4 Å². The minimum Gasteiger partial charge on any atom is -0.496 e. The minimum atomic E-state index is -0.0312. The van der Waals surface area contributed by atoms with E-state index in [-0.39, 0.29) is 5.91 Å². The van der Waals surface area contributed by atoms with Crippen molar-refractivity contribution in [2.75, 3.05) is 71.6 Å². The first kappa shape index (κ1) is 26.6. The van der Waals surface area contributed by atoms with Crippen LogP contribution < -0.4 is 14.4 Å². The van der Waals surface area contributed by atoms with Crippen molar-refractivity contribution in [3.63, 3.8) is 0 Å². The number of benzene rings is 2. The van der Waals surface area contributed by atoms with Crippen molar-refractivity contribution in [3.05, 3.63) is 52.9 Å². The lowest BCUT2D eigenvalue weighted by atomic mass is 10.1. The zero-order chi connectivity index (χ0) is 26.3. The van der Waals surface area contributed by atoms with Crippen LogP contribution in [0.25, 0.3) is 6.08 Å². The molecule has 38 heavy (non-hydrogen) atoms. The normalized spacial score (nSPS) is 20.6. The zero-order valence-electron chi connectivity index (χ0n) is 22.2. The second-order valence-electron chi connectivity index (χ2n) is 9.57. The van der Waals surface area contributed by atoms with Crippen LogP contribution in [0.1, 0.15) is 24.8 Å². The van der Waals surface area contributed by atoms with Gasteiger partial charge < -0.3 is 19.1 Å². The summed E-state index contributed by atoms with van der Waals surface area (Å²) in [7, 11) is 3.36. The number of ether oxygens (including phenoxy) is 3. The van der Waals surface area contributed by atoms with Gasteiger partial charge in [-0.05, 0) is 55.3 Å². The maximum atomic E-state index is 13.7. The number of hydrogen-bond donors (Lipinski definition) is 0. The summed E-state index contributed by atoms with van der Waals surface area (Å²) >= 11 is 1.41. The van der Waals surface area contributed by atoms with E-state index in [0.717, 1.165) is 80.8 Å². The molecule has 5 rings (SSSR count). The lowest BCUT2D eigenvalue weighted by molar-refractivity contribution is -0.122. The molecule has 2 aromatic rings. The second-order valence-corrected chi connectivity index (χ2v) is 10.6. The number of nitrogens with zero attached hydrogens (tertiary/aromatic N) is 4. The Kier molecular flexibility index (Phi) is 8.88. The topological polar surface area (TPSA) is 66.8 Å². The van der Waals surface area contributed by atoms with Gasteiger partial charge >= 0.3 is 0 Å². The average molecular weight is 537 g/mol. The molecule has 8 nitrogen and oxygen atoms in total. The maximum Gasteiger partial charge on any atom is 0.266 e. The van der Waals surface area contributed by atoms with Crippen molar-refractivity contribution in [2.24, 2.45) is 4.99 Å². The van der Waals surface area contributed by atoms with E-state index in [1.165, 1.54) is 24.6 Å². The van der Waals surface area contributed by atoms with Gasteiger partial charge in [-0.25, -0.2) is 4.99 Å². The largest absolute Gasteiger partial charge is 0.496 e. The highest BCUT2D eigenvalue weighted by Gasteiger charge is 2.33. The molecule has 3 aliphatic heterocycles. The Hall–Kier alpha value is -3.01. The fourth-order valence-corrected chi connectivity index (χ4v) is 6.06. The molecule has 202 valence electrons. The number of morpholine rings is 1. The summed E-state index contributed by atoms with van der Waals surface area (Å²) < 4.78 is 17.0. The van der Waals surface area contributed by atoms with Gasteiger partial charge in [0.2, 0.25) is 0 Å². The Balaban J connectivity index is 1.41. The van der Waals surface area contributed by atoms with Crippen LogP contribution in [-0.4, -0.2) is 87.6 Å². The number of amidine groups is 1. The van der Waals surface area contributed by atoms with Crippen molar-refractivity contribution >= 4 is 40.3 Å². The van der Waals surface area contributed by atoms with Crippen molar-refractivity contribution < 1.29 is 19.0 Å². The molecule has 0 aliphatic carbocycles. The fourth-order valence-electron chi connectivity index (χ4n) is 5.04. The molecule has 3 aliphatic rings. The Labute approximate surface area is 229 Å². The van der Waals surface area contributed by atoms with Gasteiger partial charge in [0.25, 0.3) is 5.91 Å². The lowest BCUT2D eigenvalue weighted by Gasteiger charge is -2.27. The number of aliphatic imine (C=N–C) groups is 1. The molecule has 3 heterocycles. The van der Waals surface area contributed by atoms with Gasteiger partial charge in [0.1, 0.15) is 11.5 Å². The van der Waals surface area contributed by atoms with Crippen LogP contribution in [0.15, 0.2) is 52.4 Å². The standard InChI is InChI=1S/C29H36N4O4S/c1-35-25-21-24(32-12-6-7-13-32)26(36-2)19-22(25)20-27-28(34)33(14-8-11-31-15-17-37-18-16-31)29(38-27)30-23-9-4-3-5-10-23/h3-5,9-10,19-21H,6-8,11-18H2,1-2H3/b27-20+,30-29?. The number of para-hydroxylation sites is 1. The summed E-state index contributed by atoms with van der Waals surface area (Å²) in [6.45, 7) is 6.97. The van der Waals surface area contributed by atoms with Crippen LogP contribution in [0.2, 0.25) is 0 Å². The molecule has 0 bridgehead atoms. The monoisotopic (exact) mass is 536 g/mol. The first-order valence-corrected chi connectivity index (χ1v) is 14.1. The Morgan fingerprint density at radius 1 is 0.974 bits per heavy atom. The van der Waals surface area contributed by atoms with Crippen molar-refractivity contribution in [2.45, 2.75) is 19.3 Å². The summed E-state index contributed by atoms with van der Waals surface area (Å²) in [6, 6.07) is 13.8. The summed E-state index contributed by atoms with van der Waals surface area (Å²) in [6.07, 6.45) is 5.13. The molecule has 0 unspecified atom stereocenters. The number of rotatable bonds is 9. The zero-order valence-corrected chi connectivity index (χ0v) is 23.0. The van der Waals surface area contributed by atoms with Crippen molar-refractivity contribution in [3.8, 4) is 11.5 Å². The summed E-state index contributed by atoms with van der Waals surface area (Å²) in [5.74, 6) is 1.48. The molecule has 0 aromatic heterocycles. The van der Waals surface area contributed by atoms with Crippen molar-refractivity contribution in [1.82, 2.24) is 9.80 Å². The number of carbonyl (C=O) groups excluding carboxylic acids is 1. The van der Waals surface area contributed by atoms with Gasteiger partial charge in [0, 0.05) is 50.9 Å². The van der Waals surface area contributed by atoms with Crippen LogP contribution in [0, 0.1) is 0 Å². The highest BCUT2D eigenvalue weighted by molar-refractivity contribution is 8.18. The van der Waals surface area contributed by atoms with Crippen LogP contribution in [0.4, 0.5) is 11.4 Å². The first-order valence-electron chi connectivity index (χ1n) is 13.3. The van der Waals surface area contributed by atoms with Crippen LogP contribution in [-0.2, 0) is 9.53 Å². The highest BCUT2D eigenvalue weighted by atomic mass is 32.2. The third-order valence-corrected chi connectivity index (χ3v) is 8.10. The quantitative estimate of drug-likeness (QED) is 0.433. The van der Waals surface area contributed by atoms with E-state index < -0.39 is 0 Å². The van der Waals surface area contributed by atoms with Crippen molar-refractivity contribution in [1.29, 1.82) is 0 Å². The molecule has 0 radical (unpaired) electrons. The molecule has 1 amide bonds. The number of thioether (sulfide) groups is 1. The second kappa shape index (κ2) is 12.7. The smallest absolute Gasteiger partial charge is 0.266 e. The Morgan fingerprint density at radius 2 is 1.71 bits per heavy atom. The summed E-state index contributed by atoms with van der Waals surface area (Å²) in [5, 5.41) is 0.703. The molecule has 0 atom stereocenters. The van der Waals surface area contributed by atoms with E-state index in [9.17, 15) is 4.79 Å². The predicted molar refractivity (Wildman–Crippen MR) is 154 cm³/mol. The fraction of sp³-hybridized carbons (Fsp3) is 0.448.